The van der Waals surface area contributed by atoms with E-state index in [1.54, 1.807) is 19.9 Å². The van der Waals surface area contributed by atoms with Gasteiger partial charge in [0.2, 0.25) is 0 Å². The van der Waals surface area contributed by atoms with E-state index in [0.717, 1.165) is 14.3 Å². The van der Waals surface area contributed by atoms with E-state index in [-0.39, 0.29) is 5.82 Å². The molecule has 2 aromatic carbocycles. The second-order valence-electron chi connectivity index (χ2n) is 4.37. The van der Waals surface area contributed by atoms with Crippen LogP contribution in [-0.2, 0) is 0 Å². The van der Waals surface area contributed by atoms with Gasteiger partial charge in [-0.3, -0.25) is 0 Å². The Morgan fingerprint density at radius 1 is 1.21 bits per heavy atom. The summed E-state index contributed by atoms with van der Waals surface area (Å²) in [7, 11) is 0. The maximum absolute atomic E-state index is 13.6. The topological polar surface area (TPSA) is 20.2 Å². The molecule has 0 saturated heterocycles. The van der Waals surface area contributed by atoms with Crippen LogP contribution in [0.15, 0.2) is 50.7 Å². The van der Waals surface area contributed by atoms with Gasteiger partial charge >= 0.3 is 0 Å². The molecule has 1 atom stereocenters. The number of aliphatic hydroxyl groups is 1. The number of aryl methyl sites for hydroxylation is 1. The number of aliphatic hydroxyl groups excluding tert-OH is 1. The molecule has 1 N–H and O–H groups in total. The number of benzene rings is 2. The highest BCUT2D eigenvalue weighted by Gasteiger charge is 2.12. The fourth-order valence-corrected chi connectivity index (χ4v) is 3.09. The maximum Gasteiger partial charge on any atom is 0.126 e. The van der Waals surface area contributed by atoms with Crippen LogP contribution in [-0.4, -0.2) is 5.11 Å². The molecule has 0 aliphatic heterocycles. The fraction of sp³-hybridized carbons (Fsp3) is 0.200. The summed E-state index contributed by atoms with van der Waals surface area (Å²) in [6.45, 7) is 3.38. The first-order chi connectivity index (χ1) is 8.97. The summed E-state index contributed by atoms with van der Waals surface area (Å²) in [6, 6.07) is 11.1. The smallest absolute Gasteiger partial charge is 0.126 e. The molecule has 2 rings (SSSR count). The number of hydrogen-bond acceptors (Lipinski definition) is 2. The number of halogens is 2. The average Bonchev–Trinajstić information content (AvgIpc) is 2.36. The van der Waals surface area contributed by atoms with Crippen LogP contribution in [0.3, 0.4) is 0 Å². The van der Waals surface area contributed by atoms with E-state index in [0.29, 0.717) is 11.1 Å². The van der Waals surface area contributed by atoms with Gasteiger partial charge in [0, 0.05) is 14.3 Å². The second-order valence-corrected chi connectivity index (χ2v) is 6.40. The monoisotopic (exact) mass is 340 g/mol. The van der Waals surface area contributed by atoms with E-state index in [1.807, 2.05) is 24.3 Å². The lowest BCUT2D eigenvalue weighted by molar-refractivity contribution is 0.196. The molecule has 0 amide bonds. The van der Waals surface area contributed by atoms with Crippen molar-refractivity contribution in [3.8, 4) is 0 Å². The van der Waals surface area contributed by atoms with Crippen molar-refractivity contribution in [2.24, 2.45) is 0 Å². The van der Waals surface area contributed by atoms with Crippen molar-refractivity contribution >= 4 is 27.7 Å². The minimum atomic E-state index is -0.687. The van der Waals surface area contributed by atoms with Gasteiger partial charge in [0.25, 0.3) is 0 Å². The highest BCUT2D eigenvalue weighted by Crippen LogP contribution is 2.35. The van der Waals surface area contributed by atoms with Crippen LogP contribution in [0.2, 0.25) is 0 Å². The highest BCUT2D eigenvalue weighted by atomic mass is 79.9. The van der Waals surface area contributed by atoms with Gasteiger partial charge in [0.15, 0.2) is 0 Å². The van der Waals surface area contributed by atoms with Crippen molar-refractivity contribution < 1.29 is 9.50 Å². The fourth-order valence-electron chi connectivity index (χ4n) is 1.71. The molecule has 2 aromatic rings. The molecule has 0 unspecified atom stereocenters. The lowest BCUT2D eigenvalue weighted by Gasteiger charge is -2.13. The maximum atomic E-state index is 13.6. The Morgan fingerprint density at radius 2 is 1.84 bits per heavy atom. The van der Waals surface area contributed by atoms with Crippen molar-refractivity contribution in [3.63, 3.8) is 0 Å². The molecule has 0 radical (unpaired) electrons. The van der Waals surface area contributed by atoms with Gasteiger partial charge in [-0.1, -0.05) is 27.7 Å². The van der Waals surface area contributed by atoms with E-state index in [2.05, 4.69) is 15.9 Å². The summed E-state index contributed by atoms with van der Waals surface area (Å²) in [5, 5.41) is 9.75. The van der Waals surface area contributed by atoms with Crippen molar-refractivity contribution in [3.05, 3.63) is 57.8 Å². The molecule has 0 bridgehead atoms. The Bertz CT molecular complexity index is 581. The normalized spacial score (nSPS) is 12.5. The average molecular weight is 341 g/mol. The number of rotatable bonds is 3. The van der Waals surface area contributed by atoms with Crippen LogP contribution >= 0.6 is 27.7 Å². The molecular weight excluding hydrogens is 327 g/mol. The summed E-state index contributed by atoms with van der Waals surface area (Å²) in [5.41, 5.74) is 1.21. The molecule has 0 saturated carbocycles. The molecule has 0 heterocycles. The standard InChI is InChI=1S/C15H14BrFOS/c1-9-7-15(13(10(2)18)8-14(9)17)19-12-5-3-11(16)4-6-12/h3-8,10,18H,1-2H3/t10-/m1/s1. The molecule has 0 aromatic heterocycles. The van der Waals surface area contributed by atoms with E-state index >= 15 is 0 Å². The van der Waals surface area contributed by atoms with Crippen molar-refractivity contribution in [2.45, 2.75) is 29.7 Å². The first-order valence-corrected chi connectivity index (χ1v) is 7.50. The first kappa shape index (κ1) is 14.6. The van der Waals surface area contributed by atoms with Crippen LogP contribution < -0.4 is 0 Å². The summed E-state index contributed by atoms with van der Waals surface area (Å²) < 4.78 is 14.6. The van der Waals surface area contributed by atoms with E-state index in [9.17, 15) is 9.50 Å². The van der Waals surface area contributed by atoms with Crippen molar-refractivity contribution in [1.29, 1.82) is 0 Å². The second kappa shape index (κ2) is 6.07. The van der Waals surface area contributed by atoms with Gasteiger partial charge in [0.05, 0.1) is 6.10 Å². The lowest BCUT2D eigenvalue weighted by Crippen LogP contribution is -1.97. The molecule has 100 valence electrons. The molecule has 0 aliphatic carbocycles. The minimum Gasteiger partial charge on any atom is -0.389 e. The lowest BCUT2D eigenvalue weighted by atomic mass is 10.1. The SMILES string of the molecule is Cc1cc(Sc2ccc(Br)cc2)c([C@@H](C)O)cc1F. The van der Waals surface area contributed by atoms with Crippen LogP contribution in [0.1, 0.15) is 24.2 Å². The third-order valence-corrected chi connectivity index (χ3v) is 4.39. The molecule has 0 fully saturated rings. The third kappa shape index (κ3) is 3.59. The zero-order valence-electron chi connectivity index (χ0n) is 10.7. The largest absolute Gasteiger partial charge is 0.389 e. The van der Waals surface area contributed by atoms with E-state index in [4.69, 9.17) is 0 Å². The van der Waals surface area contributed by atoms with E-state index in [1.165, 1.54) is 17.8 Å². The molecule has 0 aliphatic rings. The van der Waals surface area contributed by atoms with Crippen LogP contribution in [0, 0.1) is 12.7 Å². The van der Waals surface area contributed by atoms with E-state index < -0.39 is 6.10 Å². The van der Waals surface area contributed by atoms with Gasteiger partial charge in [-0.15, -0.1) is 0 Å². The third-order valence-electron chi connectivity index (χ3n) is 2.78. The van der Waals surface area contributed by atoms with Crippen molar-refractivity contribution in [1.82, 2.24) is 0 Å². The Labute approximate surface area is 125 Å². The molecule has 1 nitrogen and oxygen atoms in total. The molecular formula is C15H14BrFOS. The van der Waals surface area contributed by atoms with Crippen molar-refractivity contribution in [2.75, 3.05) is 0 Å². The summed E-state index contributed by atoms with van der Waals surface area (Å²) in [6.07, 6.45) is -0.687. The molecule has 0 spiro atoms. The Balaban J connectivity index is 2.38. The minimum absolute atomic E-state index is 0.281. The Kier molecular flexibility index (Phi) is 4.66. The first-order valence-electron chi connectivity index (χ1n) is 5.89. The van der Waals surface area contributed by atoms with Gasteiger partial charge in [-0.05, 0) is 61.4 Å². The van der Waals surface area contributed by atoms with Gasteiger partial charge in [-0.25, -0.2) is 4.39 Å². The Hall–Kier alpha value is -0.840. The highest BCUT2D eigenvalue weighted by molar-refractivity contribution is 9.10. The predicted octanol–water partition coefficient (Wildman–Crippen LogP) is 5.10. The number of hydrogen-bond donors (Lipinski definition) is 1. The van der Waals surface area contributed by atoms with Crippen LogP contribution in [0.25, 0.3) is 0 Å². The zero-order chi connectivity index (χ0) is 14.0. The van der Waals surface area contributed by atoms with Gasteiger partial charge in [-0.2, -0.15) is 0 Å². The predicted molar refractivity (Wildman–Crippen MR) is 80.0 cm³/mol. The van der Waals surface area contributed by atoms with Gasteiger partial charge < -0.3 is 5.11 Å². The molecule has 4 heteroatoms. The summed E-state index contributed by atoms with van der Waals surface area (Å²) in [5.74, 6) is -0.281. The van der Waals surface area contributed by atoms with Crippen LogP contribution in [0.5, 0.6) is 0 Å². The van der Waals surface area contributed by atoms with Gasteiger partial charge in [0.1, 0.15) is 5.82 Å². The Morgan fingerprint density at radius 3 is 2.42 bits per heavy atom. The summed E-state index contributed by atoms with van der Waals surface area (Å²) >= 11 is 4.92. The zero-order valence-corrected chi connectivity index (χ0v) is 13.1. The molecule has 19 heavy (non-hydrogen) atoms. The summed E-state index contributed by atoms with van der Waals surface area (Å²) in [4.78, 5) is 1.94. The van der Waals surface area contributed by atoms with Crippen LogP contribution in [0.4, 0.5) is 4.39 Å². The quantitative estimate of drug-likeness (QED) is 0.838.